The van der Waals surface area contributed by atoms with Gasteiger partial charge in [0.1, 0.15) is 5.75 Å². The highest BCUT2D eigenvalue weighted by atomic mass is 35.5. The number of para-hydroxylation sites is 1. The van der Waals surface area contributed by atoms with Gasteiger partial charge in [-0.15, -0.1) is 0 Å². The lowest BCUT2D eigenvalue weighted by Gasteiger charge is -2.04. The van der Waals surface area contributed by atoms with Crippen LogP contribution < -0.4 is 0 Å². The standard InChI is InChI=1S/C12H9ClOS/c13-10-7-4-8-11(12(10)14)15-9-5-2-1-3-6-9/h1-8,14H. The Bertz CT molecular complexity index is 456. The van der Waals surface area contributed by atoms with Gasteiger partial charge in [0, 0.05) is 4.90 Å². The lowest BCUT2D eigenvalue weighted by molar-refractivity contribution is 0.463. The van der Waals surface area contributed by atoms with Crippen molar-refractivity contribution in [3.8, 4) is 5.75 Å². The molecule has 0 unspecified atom stereocenters. The molecule has 0 radical (unpaired) electrons. The molecule has 1 nitrogen and oxygen atoms in total. The molecule has 2 aromatic carbocycles. The van der Waals surface area contributed by atoms with E-state index in [4.69, 9.17) is 11.6 Å². The molecule has 0 bridgehead atoms. The van der Waals surface area contributed by atoms with Gasteiger partial charge in [-0.2, -0.15) is 0 Å². The van der Waals surface area contributed by atoms with Crippen molar-refractivity contribution in [1.29, 1.82) is 0 Å². The van der Waals surface area contributed by atoms with Gasteiger partial charge in [0.05, 0.1) is 9.92 Å². The average molecular weight is 237 g/mol. The number of rotatable bonds is 2. The number of phenolic OH excluding ortho intramolecular Hbond substituents is 1. The van der Waals surface area contributed by atoms with E-state index in [0.717, 1.165) is 9.79 Å². The first-order valence-corrected chi connectivity index (χ1v) is 5.67. The first kappa shape index (κ1) is 10.4. The Hall–Kier alpha value is -1.12. The molecule has 0 aromatic heterocycles. The monoisotopic (exact) mass is 236 g/mol. The van der Waals surface area contributed by atoms with Crippen molar-refractivity contribution in [2.45, 2.75) is 9.79 Å². The zero-order valence-electron chi connectivity index (χ0n) is 7.85. The van der Waals surface area contributed by atoms with Crippen LogP contribution in [0.1, 0.15) is 0 Å². The Morgan fingerprint density at radius 2 is 1.67 bits per heavy atom. The van der Waals surface area contributed by atoms with Gasteiger partial charge in [-0.05, 0) is 24.3 Å². The van der Waals surface area contributed by atoms with E-state index in [9.17, 15) is 5.11 Å². The molecule has 0 aliphatic heterocycles. The Labute approximate surface area is 97.7 Å². The second-order valence-corrected chi connectivity index (χ2v) is 4.52. The van der Waals surface area contributed by atoms with Gasteiger partial charge in [-0.3, -0.25) is 0 Å². The predicted molar refractivity (Wildman–Crippen MR) is 63.7 cm³/mol. The first-order chi connectivity index (χ1) is 7.27. The Balaban J connectivity index is 2.29. The molecule has 0 saturated heterocycles. The van der Waals surface area contributed by atoms with Crippen LogP contribution in [0.15, 0.2) is 58.3 Å². The Kier molecular flexibility index (Phi) is 3.19. The summed E-state index contributed by atoms with van der Waals surface area (Å²) >= 11 is 7.31. The number of phenols is 1. The number of aromatic hydroxyl groups is 1. The summed E-state index contributed by atoms with van der Waals surface area (Å²) in [6.07, 6.45) is 0. The molecule has 0 amide bonds. The highest BCUT2D eigenvalue weighted by Crippen LogP contribution is 2.37. The van der Waals surface area contributed by atoms with E-state index in [1.807, 2.05) is 42.5 Å². The Morgan fingerprint density at radius 3 is 2.40 bits per heavy atom. The van der Waals surface area contributed by atoms with Gasteiger partial charge in [0.2, 0.25) is 0 Å². The highest BCUT2D eigenvalue weighted by molar-refractivity contribution is 7.99. The maximum absolute atomic E-state index is 9.71. The number of halogens is 1. The minimum absolute atomic E-state index is 0.146. The minimum atomic E-state index is 0.146. The maximum Gasteiger partial charge on any atom is 0.148 e. The third-order valence-corrected chi connectivity index (χ3v) is 3.28. The van der Waals surface area contributed by atoms with Crippen LogP contribution >= 0.6 is 23.4 Å². The summed E-state index contributed by atoms with van der Waals surface area (Å²) in [5, 5.41) is 10.1. The van der Waals surface area contributed by atoms with Crippen molar-refractivity contribution < 1.29 is 5.11 Å². The molecule has 0 atom stereocenters. The third kappa shape index (κ3) is 2.46. The molecule has 0 aliphatic rings. The van der Waals surface area contributed by atoms with Crippen LogP contribution in [-0.4, -0.2) is 5.11 Å². The average Bonchev–Trinajstić information content (AvgIpc) is 2.26. The van der Waals surface area contributed by atoms with Crippen LogP contribution in [-0.2, 0) is 0 Å². The van der Waals surface area contributed by atoms with E-state index in [1.165, 1.54) is 11.8 Å². The van der Waals surface area contributed by atoms with Gasteiger partial charge in [0.25, 0.3) is 0 Å². The summed E-state index contributed by atoms with van der Waals surface area (Å²) < 4.78 is 0. The normalized spacial score (nSPS) is 10.2. The van der Waals surface area contributed by atoms with Crippen LogP contribution in [0.3, 0.4) is 0 Å². The molecule has 1 N–H and O–H groups in total. The lowest BCUT2D eigenvalue weighted by atomic mass is 10.3. The van der Waals surface area contributed by atoms with Crippen molar-refractivity contribution >= 4 is 23.4 Å². The predicted octanol–water partition coefficient (Wildman–Crippen LogP) is 4.20. The zero-order chi connectivity index (χ0) is 10.7. The van der Waals surface area contributed by atoms with Crippen molar-refractivity contribution in [3.63, 3.8) is 0 Å². The van der Waals surface area contributed by atoms with Gasteiger partial charge in [0.15, 0.2) is 0 Å². The lowest BCUT2D eigenvalue weighted by Crippen LogP contribution is -1.75. The van der Waals surface area contributed by atoms with Crippen LogP contribution in [0, 0.1) is 0 Å². The summed E-state index contributed by atoms with van der Waals surface area (Å²) in [4.78, 5) is 1.85. The van der Waals surface area contributed by atoms with E-state index in [2.05, 4.69) is 0 Å². The van der Waals surface area contributed by atoms with Crippen molar-refractivity contribution in [3.05, 3.63) is 53.6 Å². The molecule has 0 heterocycles. The molecule has 3 heteroatoms. The van der Waals surface area contributed by atoms with E-state index < -0.39 is 0 Å². The molecular formula is C12H9ClOS. The second kappa shape index (κ2) is 4.60. The molecule has 0 aliphatic carbocycles. The summed E-state index contributed by atoms with van der Waals surface area (Å²) in [5.41, 5.74) is 0. The molecule has 2 rings (SSSR count). The van der Waals surface area contributed by atoms with Crippen LogP contribution in [0.2, 0.25) is 5.02 Å². The smallest absolute Gasteiger partial charge is 0.148 e. The fraction of sp³-hybridized carbons (Fsp3) is 0. The Morgan fingerprint density at radius 1 is 0.933 bits per heavy atom. The number of hydrogen-bond donors (Lipinski definition) is 1. The molecule has 76 valence electrons. The molecule has 0 fully saturated rings. The van der Waals surface area contributed by atoms with Gasteiger partial charge in [-0.1, -0.05) is 47.6 Å². The quantitative estimate of drug-likeness (QED) is 0.844. The summed E-state index contributed by atoms with van der Waals surface area (Å²) in [7, 11) is 0. The van der Waals surface area contributed by atoms with Crippen molar-refractivity contribution in [1.82, 2.24) is 0 Å². The van der Waals surface area contributed by atoms with E-state index >= 15 is 0 Å². The van der Waals surface area contributed by atoms with Gasteiger partial charge < -0.3 is 5.11 Å². The van der Waals surface area contributed by atoms with E-state index in [1.54, 1.807) is 6.07 Å². The molecule has 15 heavy (non-hydrogen) atoms. The molecule has 0 saturated carbocycles. The fourth-order valence-corrected chi connectivity index (χ4v) is 2.32. The molecule has 0 spiro atoms. The van der Waals surface area contributed by atoms with Gasteiger partial charge >= 0.3 is 0 Å². The van der Waals surface area contributed by atoms with Crippen molar-refractivity contribution in [2.24, 2.45) is 0 Å². The number of benzene rings is 2. The van der Waals surface area contributed by atoms with Gasteiger partial charge in [-0.25, -0.2) is 0 Å². The zero-order valence-corrected chi connectivity index (χ0v) is 9.42. The summed E-state index contributed by atoms with van der Waals surface area (Å²) in [6.45, 7) is 0. The van der Waals surface area contributed by atoms with Crippen LogP contribution in [0.4, 0.5) is 0 Å². The minimum Gasteiger partial charge on any atom is -0.505 e. The van der Waals surface area contributed by atoms with E-state index in [-0.39, 0.29) is 5.75 Å². The topological polar surface area (TPSA) is 20.2 Å². The fourth-order valence-electron chi connectivity index (χ4n) is 1.19. The van der Waals surface area contributed by atoms with E-state index in [0.29, 0.717) is 5.02 Å². The molecular weight excluding hydrogens is 228 g/mol. The third-order valence-electron chi connectivity index (χ3n) is 1.92. The highest BCUT2D eigenvalue weighted by Gasteiger charge is 2.05. The summed E-state index contributed by atoms with van der Waals surface area (Å²) in [6, 6.07) is 15.2. The van der Waals surface area contributed by atoms with Crippen molar-refractivity contribution in [2.75, 3.05) is 0 Å². The van der Waals surface area contributed by atoms with Crippen LogP contribution in [0.5, 0.6) is 5.75 Å². The number of hydrogen-bond acceptors (Lipinski definition) is 2. The first-order valence-electron chi connectivity index (χ1n) is 4.48. The SMILES string of the molecule is Oc1c(Cl)cccc1Sc1ccccc1. The summed E-state index contributed by atoms with van der Waals surface area (Å²) in [5.74, 6) is 0.146. The second-order valence-electron chi connectivity index (χ2n) is 3.00. The molecule has 2 aromatic rings. The largest absolute Gasteiger partial charge is 0.505 e. The maximum atomic E-state index is 9.71. The van der Waals surface area contributed by atoms with Crippen LogP contribution in [0.25, 0.3) is 0 Å².